The molecule has 0 aliphatic carbocycles. The molecule has 0 N–H and O–H groups in total. The maximum absolute atomic E-state index is 11.7. The molecule has 0 spiro atoms. The monoisotopic (exact) mass is 253 g/mol. The third-order valence-electron chi connectivity index (χ3n) is 2.34. The third kappa shape index (κ3) is 3.44. The second-order valence-electron chi connectivity index (χ2n) is 3.63. The Hall–Kier alpha value is -2.11. The first-order valence-corrected chi connectivity index (χ1v) is 5.59. The van der Waals surface area contributed by atoms with Gasteiger partial charge in [-0.2, -0.15) is 0 Å². The summed E-state index contributed by atoms with van der Waals surface area (Å²) in [4.78, 5) is 21.8. The van der Waals surface area contributed by atoms with E-state index in [4.69, 9.17) is 9.47 Å². The minimum absolute atomic E-state index is 0.0720. The van der Waals surface area contributed by atoms with Crippen LogP contribution in [0.4, 0.5) is 5.69 Å². The largest absolute Gasteiger partial charge is 0.496 e. The van der Waals surface area contributed by atoms with Crippen molar-refractivity contribution in [2.24, 2.45) is 0 Å². The van der Waals surface area contributed by atoms with Crippen LogP contribution in [0.25, 0.3) is 0 Å². The molecule has 18 heavy (non-hydrogen) atoms. The average molecular weight is 253 g/mol. The summed E-state index contributed by atoms with van der Waals surface area (Å²) >= 11 is 0. The van der Waals surface area contributed by atoms with Crippen molar-refractivity contribution in [3.05, 3.63) is 33.9 Å². The molecule has 1 rings (SSSR count). The van der Waals surface area contributed by atoms with Crippen LogP contribution in [0.3, 0.4) is 0 Å². The molecule has 6 heteroatoms. The van der Waals surface area contributed by atoms with Gasteiger partial charge in [0.2, 0.25) is 0 Å². The molecule has 0 saturated heterocycles. The standard InChI is InChI=1S/C12H15NO5/c1-3-4-7-18-12(14)10-8-9(13(15)16)5-6-11(10)17-2/h5-6,8H,3-4,7H2,1-2H3. The Morgan fingerprint density at radius 2 is 2.17 bits per heavy atom. The quantitative estimate of drug-likeness (QED) is 0.337. The van der Waals surface area contributed by atoms with Gasteiger partial charge < -0.3 is 9.47 Å². The molecule has 0 unspecified atom stereocenters. The van der Waals surface area contributed by atoms with Gasteiger partial charge in [-0.3, -0.25) is 10.1 Å². The van der Waals surface area contributed by atoms with Crippen LogP contribution >= 0.6 is 0 Å². The van der Waals surface area contributed by atoms with Crippen molar-refractivity contribution in [2.75, 3.05) is 13.7 Å². The fourth-order valence-corrected chi connectivity index (χ4v) is 1.36. The van der Waals surface area contributed by atoms with Crippen molar-refractivity contribution in [3.63, 3.8) is 0 Å². The zero-order chi connectivity index (χ0) is 13.5. The van der Waals surface area contributed by atoms with Gasteiger partial charge in [-0.25, -0.2) is 4.79 Å². The molecular weight excluding hydrogens is 238 g/mol. The van der Waals surface area contributed by atoms with Crippen LogP contribution in [-0.4, -0.2) is 24.6 Å². The van der Waals surface area contributed by atoms with Crippen molar-refractivity contribution in [2.45, 2.75) is 19.8 Å². The number of hydrogen-bond acceptors (Lipinski definition) is 5. The molecule has 0 amide bonds. The number of esters is 1. The summed E-state index contributed by atoms with van der Waals surface area (Å²) in [5.74, 6) is -0.342. The zero-order valence-electron chi connectivity index (χ0n) is 10.3. The zero-order valence-corrected chi connectivity index (χ0v) is 10.3. The Bertz CT molecular complexity index is 444. The molecule has 0 heterocycles. The molecule has 6 nitrogen and oxygen atoms in total. The van der Waals surface area contributed by atoms with Crippen molar-refractivity contribution in [1.29, 1.82) is 0 Å². The summed E-state index contributed by atoms with van der Waals surface area (Å²) < 4.78 is 9.99. The molecule has 0 aromatic heterocycles. The number of nitrogens with zero attached hydrogens (tertiary/aromatic N) is 1. The van der Waals surface area contributed by atoms with E-state index < -0.39 is 10.9 Å². The summed E-state index contributed by atoms with van der Waals surface area (Å²) in [6, 6.07) is 3.82. The maximum Gasteiger partial charge on any atom is 0.342 e. The normalized spacial score (nSPS) is 9.89. The number of non-ortho nitro benzene ring substituents is 1. The third-order valence-corrected chi connectivity index (χ3v) is 2.34. The van der Waals surface area contributed by atoms with Crippen molar-refractivity contribution < 1.29 is 19.2 Å². The van der Waals surface area contributed by atoms with Crippen LogP contribution in [0.15, 0.2) is 18.2 Å². The summed E-state index contributed by atoms with van der Waals surface area (Å²) in [6.45, 7) is 2.27. The number of unbranched alkanes of at least 4 members (excludes halogenated alkanes) is 1. The van der Waals surface area contributed by atoms with E-state index >= 15 is 0 Å². The van der Waals surface area contributed by atoms with Crippen LogP contribution in [-0.2, 0) is 4.74 Å². The second-order valence-corrected chi connectivity index (χ2v) is 3.63. The number of carbonyl (C=O) groups excluding carboxylic acids is 1. The number of nitro groups is 1. The Morgan fingerprint density at radius 1 is 1.44 bits per heavy atom. The Morgan fingerprint density at radius 3 is 2.72 bits per heavy atom. The second kappa shape index (κ2) is 6.58. The number of rotatable bonds is 6. The number of nitro benzene ring substituents is 1. The van der Waals surface area contributed by atoms with Gasteiger partial charge >= 0.3 is 5.97 Å². The molecule has 0 aliphatic rings. The molecular formula is C12H15NO5. The van der Waals surface area contributed by atoms with Gasteiger partial charge in [-0.1, -0.05) is 13.3 Å². The van der Waals surface area contributed by atoms with Crippen molar-refractivity contribution in [1.82, 2.24) is 0 Å². The highest BCUT2D eigenvalue weighted by Crippen LogP contribution is 2.24. The van der Waals surface area contributed by atoms with E-state index in [1.54, 1.807) is 0 Å². The van der Waals surface area contributed by atoms with E-state index in [1.807, 2.05) is 6.92 Å². The molecule has 0 aliphatic heterocycles. The first-order valence-electron chi connectivity index (χ1n) is 5.59. The van der Waals surface area contributed by atoms with Gasteiger partial charge in [0, 0.05) is 12.1 Å². The number of methoxy groups -OCH3 is 1. The minimum atomic E-state index is -0.607. The van der Waals surface area contributed by atoms with Crippen molar-refractivity contribution >= 4 is 11.7 Å². The Balaban J connectivity index is 2.93. The summed E-state index contributed by atoms with van der Waals surface area (Å²) in [7, 11) is 1.39. The molecule has 0 radical (unpaired) electrons. The number of benzene rings is 1. The van der Waals surface area contributed by atoms with Crippen LogP contribution in [0.1, 0.15) is 30.1 Å². The lowest BCUT2D eigenvalue weighted by atomic mass is 10.2. The molecule has 0 fully saturated rings. The highest BCUT2D eigenvalue weighted by molar-refractivity contribution is 5.93. The smallest absolute Gasteiger partial charge is 0.342 e. The van der Waals surface area contributed by atoms with E-state index in [2.05, 4.69) is 0 Å². The number of hydrogen-bond donors (Lipinski definition) is 0. The molecule has 0 bridgehead atoms. The lowest BCUT2D eigenvalue weighted by Crippen LogP contribution is -2.08. The first-order chi connectivity index (χ1) is 8.60. The van der Waals surface area contributed by atoms with E-state index in [-0.39, 0.29) is 17.0 Å². The highest BCUT2D eigenvalue weighted by atomic mass is 16.6. The topological polar surface area (TPSA) is 78.7 Å². The van der Waals surface area contributed by atoms with Crippen LogP contribution < -0.4 is 4.74 Å². The van der Waals surface area contributed by atoms with E-state index in [0.717, 1.165) is 18.9 Å². The lowest BCUT2D eigenvalue weighted by Gasteiger charge is -2.08. The van der Waals surface area contributed by atoms with Gasteiger partial charge in [-0.15, -0.1) is 0 Å². The predicted octanol–water partition coefficient (Wildman–Crippen LogP) is 2.56. The molecule has 1 aromatic rings. The predicted molar refractivity (Wildman–Crippen MR) is 64.8 cm³/mol. The average Bonchev–Trinajstić information content (AvgIpc) is 2.38. The van der Waals surface area contributed by atoms with Gasteiger partial charge in [0.05, 0.1) is 18.6 Å². The summed E-state index contributed by atoms with van der Waals surface area (Å²) in [6.07, 6.45) is 1.66. The highest BCUT2D eigenvalue weighted by Gasteiger charge is 2.18. The van der Waals surface area contributed by atoms with E-state index in [0.29, 0.717) is 6.61 Å². The SMILES string of the molecule is CCCCOC(=O)c1cc([N+](=O)[O-])ccc1OC. The molecule has 0 saturated carbocycles. The minimum Gasteiger partial charge on any atom is -0.496 e. The fourth-order valence-electron chi connectivity index (χ4n) is 1.36. The summed E-state index contributed by atoms with van der Waals surface area (Å²) in [5.41, 5.74) is -0.0963. The number of ether oxygens (including phenoxy) is 2. The van der Waals surface area contributed by atoms with Gasteiger partial charge in [0.25, 0.3) is 5.69 Å². The van der Waals surface area contributed by atoms with Crippen LogP contribution in [0, 0.1) is 10.1 Å². The Labute approximate surface area is 105 Å². The maximum atomic E-state index is 11.7. The van der Waals surface area contributed by atoms with Gasteiger partial charge in [0.1, 0.15) is 11.3 Å². The van der Waals surface area contributed by atoms with Crippen LogP contribution in [0.5, 0.6) is 5.75 Å². The van der Waals surface area contributed by atoms with Crippen molar-refractivity contribution in [3.8, 4) is 5.75 Å². The van der Waals surface area contributed by atoms with Crippen LogP contribution in [0.2, 0.25) is 0 Å². The van der Waals surface area contributed by atoms with E-state index in [9.17, 15) is 14.9 Å². The summed E-state index contributed by atoms with van der Waals surface area (Å²) in [5, 5.41) is 10.6. The van der Waals surface area contributed by atoms with E-state index in [1.165, 1.54) is 19.2 Å². The number of carbonyl (C=O) groups is 1. The lowest BCUT2D eigenvalue weighted by molar-refractivity contribution is -0.384. The van der Waals surface area contributed by atoms with Gasteiger partial charge in [0.15, 0.2) is 0 Å². The first kappa shape index (κ1) is 14.0. The molecule has 98 valence electrons. The molecule has 1 aromatic carbocycles. The fraction of sp³-hybridized carbons (Fsp3) is 0.417. The Kier molecular flexibility index (Phi) is 5.10. The van der Waals surface area contributed by atoms with Gasteiger partial charge in [-0.05, 0) is 12.5 Å². The molecule has 0 atom stereocenters.